The number of carbonyl (C=O) groups is 1. The zero-order valence-corrected chi connectivity index (χ0v) is 19.8. The van der Waals surface area contributed by atoms with Crippen molar-refractivity contribution in [3.63, 3.8) is 0 Å². The molecule has 2 heterocycles. The Balaban J connectivity index is 1.47. The van der Waals surface area contributed by atoms with Crippen molar-refractivity contribution in [2.24, 2.45) is 0 Å². The molecule has 0 saturated carbocycles. The number of nitrogens with zero attached hydrogens (tertiary/aromatic N) is 2. The van der Waals surface area contributed by atoms with Gasteiger partial charge in [0.1, 0.15) is 4.70 Å². The van der Waals surface area contributed by atoms with Crippen molar-refractivity contribution in [2.75, 3.05) is 5.75 Å². The summed E-state index contributed by atoms with van der Waals surface area (Å²) in [5, 5.41) is 5.88. The molecule has 1 amide bonds. The van der Waals surface area contributed by atoms with E-state index in [1.54, 1.807) is 18.2 Å². The maximum Gasteiger partial charge on any atom is 0.276 e. The molecule has 0 spiro atoms. The lowest BCUT2D eigenvalue weighted by molar-refractivity contribution is -0.119. The molecule has 2 aromatic heterocycles. The van der Waals surface area contributed by atoms with Crippen molar-refractivity contribution in [1.82, 2.24) is 14.9 Å². The Morgan fingerprint density at radius 3 is 2.78 bits per heavy atom. The van der Waals surface area contributed by atoms with E-state index in [0.717, 1.165) is 12.8 Å². The van der Waals surface area contributed by atoms with Gasteiger partial charge in [0.15, 0.2) is 5.16 Å². The molecule has 8 heteroatoms. The number of halogens is 1. The Kier molecular flexibility index (Phi) is 7.29. The van der Waals surface area contributed by atoms with Crippen LogP contribution in [0.3, 0.4) is 0 Å². The van der Waals surface area contributed by atoms with Crippen molar-refractivity contribution >= 4 is 50.8 Å². The first-order valence-electron chi connectivity index (χ1n) is 10.2. The summed E-state index contributed by atoms with van der Waals surface area (Å²) in [6.07, 6.45) is 1.76. The number of hydrogen-bond donors (Lipinski definition) is 1. The third-order valence-electron chi connectivity index (χ3n) is 4.96. The summed E-state index contributed by atoms with van der Waals surface area (Å²) >= 11 is 8.75. The number of benzene rings is 2. The molecule has 1 atom stereocenters. The number of aryl methyl sites for hydroxylation is 1. The fraction of sp³-hybridized carbons (Fsp3) is 0.208. The van der Waals surface area contributed by atoms with E-state index in [9.17, 15) is 9.59 Å². The Morgan fingerprint density at radius 2 is 2.00 bits per heavy atom. The molecule has 4 aromatic rings. The molecule has 0 saturated heterocycles. The molecule has 164 valence electrons. The molecule has 0 radical (unpaired) electrons. The average Bonchev–Trinajstić information content (AvgIpc) is 3.26. The van der Waals surface area contributed by atoms with Gasteiger partial charge in [0, 0.05) is 11.1 Å². The van der Waals surface area contributed by atoms with Gasteiger partial charge in [0.2, 0.25) is 5.91 Å². The van der Waals surface area contributed by atoms with Crippen LogP contribution in [-0.4, -0.2) is 27.3 Å². The van der Waals surface area contributed by atoms with Gasteiger partial charge >= 0.3 is 0 Å². The third-order valence-corrected chi connectivity index (χ3v) is 7.03. The minimum Gasteiger partial charge on any atom is -0.353 e. The standard InChI is InChI=1S/C24H22ClN3O2S2/c1-16(10-11-17-6-3-2-4-7-17)26-21(29)15-32-24-27-20-12-13-31-22(20)23(30)28(24)19-9-5-8-18(25)14-19/h2-9,12-14,16H,10-11,15H2,1H3,(H,26,29)/t16-/m0/s1. The van der Waals surface area contributed by atoms with Crippen LogP contribution < -0.4 is 10.9 Å². The number of fused-ring (bicyclic) bond motifs is 1. The van der Waals surface area contributed by atoms with E-state index in [2.05, 4.69) is 22.4 Å². The largest absolute Gasteiger partial charge is 0.353 e. The SMILES string of the molecule is C[C@@H](CCc1ccccc1)NC(=O)CSc1nc2ccsc2c(=O)n1-c1cccc(Cl)c1. The average molecular weight is 484 g/mol. The van der Waals surface area contributed by atoms with Crippen LogP contribution in [0.5, 0.6) is 0 Å². The molecule has 0 bridgehead atoms. The fourth-order valence-electron chi connectivity index (χ4n) is 3.38. The highest BCUT2D eigenvalue weighted by Gasteiger charge is 2.16. The van der Waals surface area contributed by atoms with Gasteiger partial charge in [0.25, 0.3) is 5.56 Å². The highest BCUT2D eigenvalue weighted by atomic mass is 35.5. The van der Waals surface area contributed by atoms with E-state index in [0.29, 0.717) is 26.1 Å². The number of hydrogen-bond acceptors (Lipinski definition) is 5. The molecule has 2 aromatic carbocycles. The van der Waals surface area contributed by atoms with E-state index in [1.807, 2.05) is 42.6 Å². The maximum atomic E-state index is 13.1. The molecule has 4 rings (SSSR count). The molecule has 0 aliphatic carbocycles. The number of carbonyl (C=O) groups excluding carboxylic acids is 1. The van der Waals surface area contributed by atoms with E-state index in [-0.39, 0.29) is 23.3 Å². The second-order valence-electron chi connectivity index (χ2n) is 7.43. The number of amides is 1. The smallest absolute Gasteiger partial charge is 0.276 e. The third kappa shape index (κ3) is 5.41. The Morgan fingerprint density at radius 1 is 1.19 bits per heavy atom. The van der Waals surface area contributed by atoms with Crippen LogP contribution in [0.15, 0.2) is 76.0 Å². The highest BCUT2D eigenvalue weighted by Crippen LogP contribution is 2.24. The molecular weight excluding hydrogens is 462 g/mol. The van der Waals surface area contributed by atoms with Gasteiger partial charge in [-0.25, -0.2) is 4.98 Å². The Labute approximate surface area is 199 Å². The van der Waals surface area contributed by atoms with Crippen LogP contribution in [0, 0.1) is 0 Å². The second-order valence-corrected chi connectivity index (χ2v) is 9.73. The first-order valence-corrected chi connectivity index (χ1v) is 12.5. The van der Waals surface area contributed by atoms with Crippen LogP contribution in [0.25, 0.3) is 15.9 Å². The number of thioether (sulfide) groups is 1. The summed E-state index contributed by atoms with van der Waals surface area (Å²) in [6, 6.07) is 19.2. The number of nitrogens with one attached hydrogen (secondary N) is 1. The minimum absolute atomic E-state index is 0.0470. The molecule has 32 heavy (non-hydrogen) atoms. The quantitative estimate of drug-likeness (QED) is 0.272. The van der Waals surface area contributed by atoms with E-state index >= 15 is 0 Å². The van der Waals surface area contributed by atoms with Crippen LogP contribution in [0.4, 0.5) is 0 Å². The predicted molar refractivity (Wildman–Crippen MR) is 133 cm³/mol. The first kappa shape index (κ1) is 22.6. The van der Waals surface area contributed by atoms with Gasteiger partial charge in [-0.15, -0.1) is 11.3 Å². The van der Waals surface area contributed by atoms with Gasteiger partial charge in [-0.2, -0.15) is 0 Å². The molecule has 0 aliphatic rings. The lowest BCUT2D eigenvalue weighted by atomic mass is 10.1. The molecular formula is C24H22ClN3O2S2. The summed E-state index contributed by atoms with van der Waals surface area (Å²) in [7, 11) is 0. The molecule has 0 aliphatic heterocycles. The highest BCUT2D eigenvalue weighted by molar-refractivity contribution is 7.99. The van der Waals surface area contributed by atoms with E-state index in [4.69, 9.17) is 11.6 Å². The van der Waals surface area contributed by atoms with Crippen molar-refractivity contribution in [2.45, 2.75) is 31.0 Å². The van der Waals surface area contributed by atoms with Gasteiger partial charge < -0.3 is 5.32 Å². The van der Waals surface area contributed by atoms with Crippen LogP contribution >= 0.6 is 34.7 Å². The number of thiophene rings is 1. The minimum atomic E-state index is -0.161. The Bertz CT molecular complexity index is 1290. The number of rotatable bonds is 8. The van der Waals surface area contributed by atoms with Crippen molar-refractivity contribution in [3.8, 4) is 5.69 Å². The molecule has 5 nitrogen and oxygen atoms in total. The molecule has 1 N–H and O–H groups in total. The van der Waals surface area contributed by atoms with Gasteiger partial charge in [-0.3, -0.25) is 14.2 Å². The molecule has 0 unspecified atom stereocenters. The molecule has 0 fully saturated rings. The zero-order valence-electron chi connectivity index (χ0n) is 17.5. The maximum absolute atomic E-state index is 13.1. The lowest BCUT2D eigenvalue weighted by Gasteiger charge is -2.15. The normalized spacial score (nSPS) is 12.1. The van der Waals surface area contributed by atoms with Crippen molar-refractivity contribution < 1.29 is 4.79 Å². The van der Waals surface area contributed by atoms with Crippen LogP contribution in [0.1, 0.15) is 18.9 Å². The van der Waals surface area contributed by atoms with E-state index in [1.165, 1.54) is 33.2 Å². The van der Waals surface area contributed by atoms with Crippen LogP contribution in [-0.2, 0) is 11.2 Å². The fourth-order valence-corrected chi connectivity index (χ4v) is 5.15. The zero-order chi connectivity index (χ0) is 22.5. The predicted octanol–water partition coefficient (Wildman–Crippen LogP) is 5.33. The van der Waals surface area contributed by atoms with E-state index < -0.39 is 0 Å². The lowest BCUT2D eigenvalue weighted by Crippen LogP contribution is -2.34. The first-order chi connectivity index (χ1) is 15.5. The van der Waals surface area contributed by atoms with Crippen molar-refractivity contribution in [1.29, 1.82) is 0 Å². The van der Waals surface area contributed by atoms with Gasteiger partial charge in [-0.1, -0.05) is 59.8 Å². The summed E-state index contributed by atoms with van der Waals surface area (Å²) in [6.45, 7) is 2.00. The second kappa shape index (κ2) is 10.3. The topological polar surface area (TPSA) is 64.0 Å². The summed E-state index contributed by atoms with van der Waals surface area (Å²) in [4.78, 5) is 30.4. The van der Waals surface area contributed by atoms with Gasteiger partial charge in [-0.05, 0) is 55.0 Å². The van der Waals surface area contributed by atoms with Crippen molar-refractivity contribution in [3.05, 3.63) is 87.0 Å². The van der Waals surface area contributed by atoms with Gasteiger partial charge in [0.05, 0.1) is 17.0 Å². The van der Waals surface area contributed by atoms with Crippen LogP contribution in [0.2, 0.25) is 5.02 Å². The Hall–Kier alpha value is -2.61. The summed E-state index contributed by atoms with van der Waals surface area (Å²) in [5.41, 5.74) is 2.36. The summed E-state index contributed by atoms with van der Waals surface area (Å²) < 4.78 is 2.11. The summed E-state index contributed by atoms with van der Waals surface area (Å²) in [5.74, 6) is 0.0751. The monoisotopic (exact) mass is 483 g/mol. The number of aromatic nitrogens is 2.